The minimum atomic E-state index is -2.18. The number of hydrogen-bond donors (Lipinski definition) is 0. The maximum absolute atomic E-state index is 11.5. The molecule has 82 valence electrons. The first-order chi connectivity index (χ1) is 7.84. The van der Waals surface area contributed by atoms with Crippen LogP contribution in [0.5, 0.6) is 11.5 Å². The summed E-state index contributed by atoms with van der Waals surface area (Å²) >= 11 is 0. The van der Waals surface area contributed by atoms with Crippen molar-refractivity contribution in [3.8, 4) is 11.5 Å². The Morgan fingerprint density at radius 2 is 1.06 bits per heavy atom. The second kappa shape index (κ2) is 7.16. The number of benzene rings is 2. The molecular weight excluding hydrogens is 288 g/mol. The van der Waals surface area contributed by atoms with Gasteiger partial charge in [0, 0.05) is 24.0 Å². The summed E-state index contributed by atoms with van der Waals surface area (Å²) in [7, 11) is -2.18. The van der Waals surface area contributed by atoms with Gasteiger partial charge < -0.3 is 0 Å². The Balaban J connectivity index is 0.00000144. The zero-order chi connectivity index (χ0) is 11.2. The van der Waals surface area contributed by atoms with Gasteiger partial charge in [0.1, 0.15) is 0 Å². The summed E-state index contributed by atoms with van der Waals surface area (Å²) in [4.78, 5) is 0. The van der Waals surface area contributed by atoms with E-state index in [1.807, 2.05) is 12.1 Å². The standard InChI is InChI=1S/C12H10O3P.Zn/c13-16(14-11-7-3-1-4-8-11)15-12-9-5-2-6-10-12;/h1-10H;/q+1;. The van der Waals surface area contributed by atoms with Crippen molar-refractivity contribution in [2.75, 3.05) is 0 Å². The summed E-state index contributed by atoms with van der Waals surface area (Å²) in [5.41, 5.74) is 0. The van der Waals surface area contributed by atoms with Crippen molar-refractivity contribution in [2.45, 2.75) is 0 Å². The third-order valence-corrected chi connectivity index (χ3v) is 2.57. The quantitative estimate of drug-likeness (QED) is 0.636. The topological polar surface area (TPSA) is 35.5 Å². The van der Waals surface area contributed by atoms with Gasteiger partial charge in [0.2, 0.25) is 0 Å². The fourth-order valence-electron chi connectivity index (χ4n) is 1.15. The van der Waals surface area contributed by atoms with E-state index in [-0.39, 0.29) is 19.5 Å². The minimum Gasteiger partial charge on any atom is -0.222 e. The van der Waals surface area contributed by atoms with E-state index in [4.69, 9.17) is 9.05 Å². The van der Waals surface area contributed by atoms with Gasteiger partial charge in [-0.2, -0.15) is 0 Å². The van der Waals surface area contributed by atoms with E-state index in [1.165, 1.54) is 0 Å². The largest absolute Gasteiger partial charge is 0.805 e. The third-order valence-electron chi connectivity index (χ3n) is 1.85. The molecule has 0 aliphatic carbocycles. The molecule has 0 heterocycles. The molecular formula is C12H10O3PZn+. The van der Waals surface area contributed by atoms with Crippen LogP contribution in [0.4, 0.5) is 0 Å². The first-order valence-corrected chi connectivity index (χ1v) is 5.87. The molecule has 0 unspecified atom stereocenters. The molecule has 0 N–H and O–H groups in total. The van der Waals surface area contributed by atoms with Gasteiger partial charge in [-0.1, -0.05) is 36.4 Å². The Hall–Kier alpha value is -1.24. The molecule has 0 saturated carbocycles. The van der Waals surface area contributed by atoms with Crippen LogP contribution in [-0.2, 0) is 24.0 Å². The average molecular weight is 299 g/mol. The van der Waals surface area contributed by atoms with Crippen LogP contribution in [0.3, 0.4) is 0 Å². The Kier molecular flexibility index (Phi) is 5.82. The predicted molar refractivity (Wildman–Crippen MR) is 61.7 cm³/mol. The van der Waals surface area contributed by atoms with Crippen molar-refractivity contribution in [2.24, 2.45) is 0 Å². The predicted octanol–water partition coefficient (Wildman–Crippen LogP) is 3.80. The molecule has 0 aromatic heterocycles. The molecule has 0 atom stereocenters. The monoisotopic (exact) mass is 297 g/mol. The van der Waals surface area contributed by atoms with Gasteiger partial charge in [-0.3, -0.25) is 0 Å². The van der Waals surface area contributed by atoms with Crippen molar-refractivity contribution in [1.29, 1.82) is 0 Å². The summed E-state index contributed by atoms with van der Waals surface area (Å²) in [5.74, 6) is 1.05. The SMILES string of the molecule is O=[P+](Oc1ccccc1)Oc1ccccc1.[Zn]. The summed E-state index contributed by atoms with van der Waals surface area (Å²) in [5, 5.41) is 0. The van der Waals surface area contributed by atoms with E-state index < -0.39 is 8.25 Å². The van der Waals surface area contributed by atoms with E-state index >= 15 is 0 Å². The molecule has 0 saturated heterocycles. The molecule has 17 heavy (non-hydrogen) atoms. The van der Waals surface area contributed by atoms with Gasteiger partial charge in [-0.05, 0) is 24.3 Å². The zero-order valence-electron chi connectivity index (χ0n) is 9.15. The van der Waals surface area contributed by atoms with Crippen LogP contribution in [0, 0.1) is 0 Å². The molecule has 0 amide bonds. The van der Waals surface area contributed by atoms with E-state index in [2.05, 4.69) is 0 Å². The first-order valence-electron chi connectivity index (χ1n) is 4.78. The van der Waals surface area contributed by atoms with Crippen LogP contribution in [-0.4, -0.2) is 0 Å². The fraction of sp³-hybridized carbons (Fsp3) is 0. The minimum absolute atomic E-state index is 0. The molecule has 0 aliphatic heterocycles. The Bertz CT molecular complexity index is 418. The Labute approximate surface area is 113 Å². The van der Waals surface area contributed by atoms with Crippen molar-refractivity contribution in [3.05, 3.63) is 60.7 Å². The van der Waals surface area contributed by atoms with Crippen molar-refractivity contribution < 1.29 is 33.1 Å². The van der Waals surface area contributed by atoms with Crippen molar-refractivity contribution in [1.82, 2.24) is 0 Å². The van der Waals surface area contributed by atoms with Crippen LogP contribution >= 0.6 is 8.25 Å². The van der Waals surface area contributed by atoms with Gasteiger partial charge in [0.25, 0.3) is 0 Å². The number of rotatable bonds is 4. The van der Waals surface area contributed by atoms with Crippen LogP contribution in [0.1, 0.15) is 0 Å². The molecule has 0 aliphatic rings. The summed E-state index contributed by atoms with van der Waals surface area (Å²) in [6.07, 6.45) is 0. The first kappa shape index (κ1) is 13.8. The summed E-state index contributed by atoms with van der Waals surface area (Å²) in [6.45, 7) is 0. The average Bonchev–Trinajstić information content (AvgIpc) is 2.31. The maximum Gasteiger partial charge on any atom is 0.805 e. The molecule has 0 radical (unpaired) electrons. The van der Waals surface area contributed by atoms with E-state index in [1.54, 1.807) is 48.5 Å². The smallest absolute Gasteiger partial charge is 0.222 e. The molecule has 2 aromatic rings. The van der Waals surface area contributed by atoms with Crippen LogP contribution < -0.4 is 9.05 Å². The van der Waals surface area contributed by atoms with Crippen molar-refractivity contribution in [3.63, 3.8) is 0 Å². The van der Waals surface area contributed by atoms with Crippen LogP contribution in [0.15, 0.2) is 60.7 Å². The molecule has 0 spiro atoms. The van der Waals surface area contributed by atoms with E-state index in [0.29, 0.717) is 11.5 Å². The fourth-order valence-corrected chi connectivity index (χ4v) is 1.78. The number of para-hydroxylation sites is 2. The zero-order valence-corrected chi connectivity index (χ0v) is 13.0. The molecule has 3 nitrogen and oxygen atoms in total. The second-order valence-corrected chi connectivity index (χ2v) is 3.84. The number of hydrogen-bond acceptors (Lipinski definition) is 3. The van der Waals surface area contributed by atoms with Gasteiger partial charge in [0.05, 0.1) is 0 Å². The molecule has 5 heteroatoms. The Morgan fingerprint density at radius 3 is 1.41 bits per heavy atom. The summed E-state index contributed by atoms with van der Waals surface area (Å²) < 4.78 is 21.7. The Morgan fingerprint density at radius 1 is 0.706 bits per heavy atom. The van der Waals surface area contributed by atoms with E-state index in [0.717, 1.165) is 0 Å². The van der Waals surface area contributed by atoms with Gasteiger partial charge in [-0.15, -0.1) is 0 Å². The molecule has 2 aromatic carbocycles. The van der Waals surface area contributed by atoms with Crippen LogP contribution in [0.2, 0.25) is 0 Å². The van der Waals surface area contributed by atoms with Gasteiger partial charge in [-0.25, -0.2) is 9.05 Å². The molecule has 0 bridgehead atoms. The van der Waals surface area contributed by atoms with Gasteiger partial charge >= 0.3 is 8.25 Å². The third kappa shape index (κ3) is 4.64. The van der Waals surface area contributed by atoms with E-state index in [9.17, 15) is 4.57 Å². The van der Waals surface area contributed by atoms with Crippen molar-refractivity contribution >= 4 is 8.25 Å². The van der Waals surface area contributed by atoms with Crippen LogP contribution in [0.25, 0.3) is 0 Å². The second-order valence-electron chi connectivity index (χ2n) is 3.03. The summed E-state index contributed by atoms with van der Waals surface area (Å²) in [6, 6.07) is 17.8. The van der Waals surface area contributed by atoms with Gasteiger partial charge in [0.15, 0.2) is 11.5 Å². The molecule has 2 rings (SSSR count). The maximum atomic E-state index is 11.5. The molecule has 0 fully saturated rings. The normalized spacial score (nSPS) is 8.94.